The highest BCUT2D eigenvalue weighted by Crippen LogP contribution is 2.13. The molecule has 1 aromatic heterocycles. The monoisotopic (exact) mass is 291 g/mol. The zero-order chi connectivity index (χ0) is 14.5. The smallest absolute Gasteiger partial charge is 0.273 e. The Kier molecular flexibility index (Phi) is 4.79. The number of hydrogen-bond donors (Lipinski definition) is 1. The van der Waals surface area contributed by atoms with Gasteiger partial charge in [-0.05, 0) is 36.6 Å². The molecule has 0 radical (unpaired) electrons. The number of halogens is 1. The Bertz CT molecular complexity index is 590. The van der Waals surface area contributed by atoms with E-state index in [1.54, 1.807) is 11.7 Å². The molecule has 0 aliphatic carbocycles. The van der Waals surface area contributed by atoms with Crippen LogP contribution in [0.25, 0.3) is 0 Å². The summed E-state index contributed by atoms with van der Waals surface area (Å²) in [6.07, 6.45) is 1.64. The molecule has 1 amide bonds. The van der Waals surface area contributed by atoms with Crippen molar-refractivity contribution in [3.05, 3.63) is 47.3 Å². The van der Waals surface area contributed by atoms with E-state index in [2.05, 4.69) is 10.4 Å². The molecule has 0 fully saturated rings. The van der Waals surface area contributed by atoms with Gasteiger partial charge in [-0.15, -0.1) is 11.6 Å². The molecule has 0 atom stereocenters. The molecule has 0 saturated carbocycles. The Morgan fingerprint density at radius 2 is 2.05 bits per heavy atom. The number of carbonyl (C=O) groups excluding carboxylic acids is 1. The first-order valence-corrected chi connectivity index (χ1v) is 7.16. The van der Waals surface area contributed by atoms with Crippen molar-refractivity contribution in [1.29, 1.82) is 0 Å². The van der Waals surface area contributed by atoms with Gasteiger partial charge in [0.25, 0.3) is 5.91 Å². The second kappa shape index (κ2) is 6.57. The number of hydrogen-bond acceptors (Lipinski definition) is 2. The molecular weight excluding hydrogens is 274 g/mol. The molecule has 0 aliphatic rings. The number of alkyl halides is 1. The molecule has 1 aromatic carbocycles. The fourth-order valence-corrected chi connectivity index (χ4v) is 2.19. The van der Waals surface area contributed by atoms with Crippen molar-refractivity contribution < 1.29 is 4.79 Å². The van der Waals surface area contributed by atoms with E-state index in [4.69, 9.17) is 11.6 Å². The zero-order valence-corrected chi connectivity index (χ0v) is 12.4. The Hall–Kier alpha value is -1.81. The van der Waals surface area contributed by atoms with Crippen LogP contribution in [0, 0.1) is 0 Å². The number of carbonyl (C=O) groups is 1. The van der Waals surface area contributed by atoms with Crippen LogP contribution in [0.5, 0.6) is 0 Å². The molecule has 0 spiro atoms. The first-order chi connectivity index (χ1) is 9.63. The minimum absolute atomic E-state index is 0.148. The quantitative estimate of drug-likeness (QED) is 0.861. The van der Waals surface area contributed by atoms with Crippen molar-refractivity contribution >= 4 is 23.2 Å². The number of nitrogens with one attached hydrogen (secondary N) is 1. The van der Waals surface area contributed by atoms with Crippen LogP contribution < -0.4 is 5.32 Å². The van der Waals surface area contributed by atoms with Crippen molar-refractivity contribution in [1.82, 2.24) is 9.78 Å². The minimum Gasteiger partial charge on any atom is -0.321 e. The summed E-state index contributed by atoms with van der Waals surface area (Å²) in [6, 6.07) is 9.53. The molecule has 1 heterocycles. The number of benzene rings is 1. The Morgan fingerprint density at radius 1 is 1.35 bits per heavy atom. The maximum absolute atomic E-state index is 12.2. The summed E-state index contributed by atoms with van der Waals surface area (Å²) in [5.41, 5.74) is 3.40. The van der Waals surface area contributed by atoms with Crippen molar-refractivity contribution in [2.45, 2.75) is 19.8 Å². The van der Waals surface area contributed by atoms with E-state index in [1.807, 2.05) is 37.3 Å². The third kappa shape index (κ3) is 3.39. The summed E-state index contributed by atoms with van der Waals surface area (Å²) in [7, 11) is 1.78. The third-order valence-corrected chi connectivity index (χ3v) is 3.31. The van der Waals surface area contributed by atoms with Crippen LogP contribution in [0.15, 0.2) is 30.3 Å². The van der Waals surface area contributed by atoms with Crippen molar-refractivity contribution in [3.8, 4) is 0 Å². The van der Waals surface area contributed by atoms with Gasteiger partial charge in [-0.1, -0.05) is 19.1 Å². The maximum Gasteiger partial charge on any atom is 0.273 e. The number of aromatic nitrogens is 2. The van der Waals surface area contributed by atoms with E-state index in [0.29, 0.717) is 11.6 Å². The summed E-state index contributed by atoms with van der Waals surface area (Å²) in [6.45, 7) is 2.01. The second-order valence-corrected chi connectivity index (χ2v) is 4.97. The van der Waals surface area contributed by atoms with E-state index in [-0.39, 0.29) is 5.91 Å². The van der Waals surface area contributed by atoms with Gasteiger partial charge in [0.1, 0.15) is 5.69 Å². The number of aryl methyl sites for hydroxylation is 3. The molecule has 1 N–H and O–H groups in total. The van der Waals surface area contributed by atoms with Gasteiger partial charge in [-0.25, -0.2) is 0 Å². The summed E-state index contributed by atoms with van der Waals surface area (Å²) in [4.78, 5) is 12.2. The fraction of sp³-hybridized carbons (Fsp3) is 0.333. The molecular formula is C15H18ClN3O. The Morgan fingerprint density at radius 3 is 2.60 bits per heavy atom. The zero-order valence-electron chi connectivity index (χ0n) is 11.7. The Balaban J connectivity index is 2.08. The van der Waals surface area contributed by atoms with E-state index in [1.165, 1.54) is 0 Å². The second-order valence-electron chi connectivity index (χ2n) is 4.59. The minimum atomic E-state index is -0.148. The molecule has 2 aromatic rings. The van der Waals surface area contributed by atoms with Crippen molar-refractivity contribution in [2.24, 2.45) is 7.05 Å². The van der Waals surface area contributed by atoms with Crippen LogP contribution in [-0.4, -0.2) is 21.6 Å². The van der Waals surface area contributed by atoms with Crippen LogP contribution in [0.4, 0.5) is 5.69 Å². The van der Waals surface area contributed by atoms with Gasteiger partial charge in [0.05, 0.1) is 5.69 Å². The summed E-state index contributed by atoms with van der Waals surface area (Å²) >= 11 is 5.69. The standard InChI is InChI=1S/C15H18ClN3O/c1-3-12-10-14(19(2)18-12)15(20)17-13-6-4-11(5-7-13)8-9-16/h4-7,10H,3,8-9H2,1-2H3,(H,17,20). The highest BCUT2D eigenvalue weighted by atomic mass is 35.5. The third-order valence-electron chi connectivity index (χ3n) is 3.12. The van der Waals surface area contributed by atoms with Crippen molar-refractivity contribution in [2.75, 3.05) is 11.2 Å². The predicted molar refractivity (Wildman–Crippen MR) is 81.4 cm³/mol. The van der Waals surface area contributed by atoms with Crippen LogP contribution in [0.1, 0.15) is 28.7 Å². The summed E-state index contributed by atoms with van der Waals surface area (Å²) < 4.78 is 1.61. The fourth-order valence-electron chi connectivity index (χ4n) is 1.97. The molecule has 0 bridgehead atoms. The predicted octanol–water partition coefficient (Wildman–Crippen LogP) is 3.02. The normalized spacial score (nSPS) is 10.6. The van der Waals surface area contributed by atoms with E-state index >= 15 is 0 Å². The van der Waals surface area contributed by atoms with Gasteiger partial charge < -0.3 is 5.32 Å². The molecule has 2 rings (SSSR count). The van der Waals surface area contributed by atoms with Gasteiger partial charge in [0.2, 0.25) is 0 Å². The molecule has 106 valence electrons. The topological polar surface area (TPSA) is 46.9 Å². The molecule has 20 heavy (non-hydrogen) atoms. The number of amides is 1. The summed E-state index contributed by atoms with van der Waals surface area (Å²) in [5.74, 6) is 0.449. The van der Waals surface area contributed by atoms with E-state index in [0.717, 1.165) is 29.8 Å². The lowest BCUT2D eigenvalue weighted by Gasteiger charge is -2.06. The van der Waals surface area contributed by atoms with Gasteiger partial charge in [-0.3, -0.25) is 9.48 Å². The lowest BCUT2D eigenvalue weighted by Crippen LogP contribution is -2.16. The molecule has 0 saturated heterocycles. The number of rotatable bonds is 5. The number of anilines is 1. The first-order valence-electron chi connectivity index (χ1n) is 6.63. The summed E-state index contributed by atoms with van der Waals surface area (Å²) in [5, 5.41) is 7.14. The average Bonchev–Trinajstić information content (AvgIpc) is 2.83. The van der Waals surface area contributed by atoms with E-state index < -0.39 is 0 Å². The molecule has 0 aliphatic heterocycles. The maximum atomic E-state index is 12.2. The highest BCUT2D eigenvalue weighted by Gasteiger charge is 2.12. The van der Waals surface area contributed by atoms with Crippen LogP contribution >= 0.6 is 11.6 Å². The molecule has 5 heteroatoms. The van der Waals surface area contributed by atoms with Gasteiger partial charge in [0, 0.05) is 18.6 Å². The van der Waals surface area contributed by atoms with Gasteiger partial charge >= 0.3 is 0 Å². The molecule has 0 unspecified atom stereocenters. The van der Waals surface area contributed by atoms with Crippen molar-refractivity contribution in [3.63, 3.8) is 0 Å². The highest BCUT2D eigenvalue weighted by molar-refractivity contribution is 6.18. The van der Waals surface area contributed by atoms with Crippen LogP contribution in [-0.2, 0) is 19.9 Å². The van der Waals surface area contributed by atoms with Crippen LogP contribution in [0.3, 0.4) is 0 Å². The number of nitrogens with zero attached hydrogens (tertiary/aromatic N) is 2. The largest absolute Gasteiger partial charge is 0.321 e. The lowest BCUT2D eigenvalue weighted by atomic mass is 10.1. The van der Waals surface area contributed by atoms with Gasteiger partial charge in [0.15, 0.2) is 0 Å². The lowest BCUT2D eigenvalue weighted by molar-refractivity contribution is 0.101. The average molecular weight is 292 g/mol. The first kappa shape index (κ1) is 14.6. The molecule has 4 nitrogen and oxygen atoms in total. The van der Waals surface area contributed by atoms with Crippen LogP contribution in [0.2, 0.25) is 0 Å². The SMILES string of the molecule is CCc1cc(C(=O)Nc2ccc(CCCl)cc2)n(C)n1. The van der Waals surface area contributed by atoms with E-state index in [9.17, 15) is 4.79 Å². The Labute approximate surface area is 123 Å². The van der Waals surface area contributed by atoms with Gasteiger partial charge in [-0.2, -0.15) is 5.10 Å².